The van der Waals surface area contributed by atoms with Crippen molar-refractivity contribution in [3.8, 4) is 6.07 Å². The van der Waals surface area contributed by atoms with Crippen LogP contribution in [0.25, 0.3) is 0 Å². The molecule has 1 heterocycles. The van der Waals surface area contributed by atoms with Gasteiger partial charge >= 0.3 is 0 Å². The van der Waals surface area contributed by atoms with Crippen molar-refractivity contribution in [2.24, 2.45) is 0 Å². The molecule has 0 atom stereocenters. The SMILES string of the molecule is CCN(CC)C(=O)CN1CCN(C(=O)c2cccc(C#N)c2)CC1. The summed E-state index contributed by atoms with van der Waals surface area (Å²) in [6.07, 6.45) is 0. The van der Waals surface area contributed by atoms with E-state index in [1.54, 1.807) is 29.2 Å². The average molecular weight is 328 g/mol. The van der Waals surface area contributed by atoms with Gasteiger partial charge < -0.3 is 9.80 Å². The van der Waals surface area contributed by atoms with E-state index in [0.717, 1.165) is 13.1 Å². The van der Waals surface area contributed by atoms with E-state index < -0.39 is 0 Å². The van der Waals surface area contributed by atoms with Gasteiger partial charge in [-0.25, -0.2) is 0 Å². The first-order valence-corrected chi connectivity index (χ1v) is 8.38. The zero-order valence-corrected chi connectivity index (χ0v) is 14.4. The minimum Gasteiger partial charge on any atom is -0.342 e. The Morgan fingerprint density at radius 3 is 2.42 bits per heavy atom. The molecule has 0 radical (unpaired) electrons. The molecule has 0 N–H and O–H groups in total. The van der Waals surface area contributed by atoms with Crippen LogP contribution in [-0.4, -0.2) is 72.3 Å². The molecule has 0 unspecified atom stereocenters. The molecule has 1 aromatic rings. The van der Waals surface area contributed by atoms with E-state index in [4.69, 9.17) is 5.26 Å². The van der Waals surface area contributed by atoms with Gasteiger partial charge in [0.1, 0.15) is 0 Å². The summed E-state index contributed by atoms with van der Waals surface area (Å²) >= 11 is 0. The second-order valence-corrected chi connectivity index (χ2v) is 5.83. The Balaban J connectivity index is 1.89. The third-order valence-corrected chi connectivity index (χ3v) is 4.37. The van der Waals surface area contributed by atoms with E-state index in [1.807, 2.05) is 18.7 Å². The molecule has 6 heteroatoms. The van der Waals surface area contributed by atoms with Gasteiger partial charge in [-0.15, -0.1) is 0 Å². The van der Waals surface area contributed by atoms with E-state index in [9.17, 15) is 9.59 Å². The topological polar surface area (TPSA) is 67.7 Å². The van der Waals surface area contributed by atoms with Crippen LogP contribution in [0, 0.1) is 11.3 Å². The number of hydrogen-bond acceptors (Lipinski definition) is 4. The number of piperazine rings is 1. The highest BCUT2D eigenvalue weighted by atomic mass is 16.2. The second-order valence-electron chi connectivity index (χ2n) is 5.83. The molecule has 128 valence electrons. The Bertz CT molecular complexity index is 626. The Kier molecular flexibility index (Phi) is 6.33. The molecule has 1 aliphatic heterocycles. The average Bonchev–Trinajstić information content (AvgIpc) is 2.63. The number of carbonyl (C=O) groups excluding carboxylic acids is 2. The molecule has 0 aliphatic carbocycles. The van der Waals surface area contributed by atoms with E-state index in [1.165, 1.54) is 0 Å². The van der Waals surface area contributed by atoms with Gasteiger partial charge in [-0.3, -0.25) is 14.5 Å². The van der Waals surface area contributed by atoms with Gasteiger partial charge in [0.2, 0.25) is 5.91 Å². The van der Waals surface area contributed by atoms with E-state index >= 15 is 0 Å². The fraction of sp³-hybridized carbons (Fsp3) is 0.500. The fourth-order valence-electron chi connectivity index (χ4n) is 2.88. The summed E-state index contributed by atoms with van der Waals surface area (Å²) in [4.78, 5) is 30.4. The second kappa shape index (κ2) is 8.46. The summed E-state index contributed by atoms with van der Waals surface area (Å²) in [6.45, 7) is 8.40. The molecule has 0 spiro atoms. The Labute approximate surface area is 143 Å². The first-order chi connectivity index (χ1) is 11.6. The quantitative estimate of drug-likeness (QED) is 0.814. The van der Waals surface area contributed by atoms with Gasteiger partial charge in [-0.2, -0.15) is 5.26 Å². The zero-order valence-electron chi connectivity index (χ0n) is 14.4. The van der Waals surface area contributed by atoms with E-state index in [2.05, 4.69) is 11.0 Å². The zero-order chi connectivity index (χ0) is 17.5. The van der Waals surface area contributed by atoms with Crippen LogP contribution >= 0.6 is 0 Å². The molecule has 2 rings (SSSR count). The number of likely N-dealkylation sites (N-methyl/N-ethyl adjacent to an activating group) is 1. The van der Waals surface area contributed by atoms with Crippen molar-refractivity contribution in [3.63, 3.8) is 0 Å². The largest absolute Gasteiger partial charge is 0.342 e. The minimum atomic E-state index is -0.0539. The molecule has 0 bridgehead atoms. The maximum Gasteiger partial charge on any atom is 0.253 e. The molecule has 24 heavy (non-hydrogen) atoms. The number of nitriles is 1. The lowest BCUT2D eigenvalue weighted by atomic mass is 10.1. The van der Waals surface area contributed by atoms with Gasteiger partial charge in [0.15, 0.2) is 0 Å². The van der Waals surface area contributed by atoms with Crippen LogP contribution in [0.3, 0.4) is 0 Å². The molecule has 6 nitrogen and oxygen atoms in total. The van der Waals surface area contributed by atoms with Crippen LogP contribution in [0.4, 0.5) is 0 Å². The van der Waals surface area contributed by atoms with E-state index in [-0.39, 0.29) is 11.8 Å². The molecule has 1 fully saturated rings. The third kappa shape index (κ3) is 4.33. The Hall–Kier alpha value is -2.39. The standard InChI is InChI=1S/C18H24N4O2/c1-3-21(4-2)17(23)14-20-8-10-22(11-9-20)18(24)16-7-5-6-15(12-16)13-19/h5-7,12H,3-4,8-11,14H2,1-2H3. The smallest absolute Gasteiger partial charge is 0.253 e. The van der Waals surface area contributed by atoms with Crippen molar-refractivity contribution in [2.45, 2.75) is 13.8 Å². The highest BCUT2D eigenvalue weighted by Gasteiger charge is 2.24. The van der Waals surface area contributed by atoms with E-state index in [0.29, 0.717) is 43.9 Å². The van der Waals surface area contributed by atoms with Gasteiger partial charge in [0.25, 0.3) is 5.91 Å². The minimum absolute atomic E-state index is 0.0539. The molecule has 0 saturated carbocycles. The van der Waals surface area contributed by atoms with Crippen LogP contribution in [-0.2, 0) is 4.79 Å². The fourth-order valence-corrected chi connectivity index (χ4v) is 2.88. The summed E-state index contributed by atoms with van der Waals surface area (Å²) in [6, 6.07) is 8.83. The maximum absolute atomic E-state index is 12.5. The number of nitrogens with zero attached hydrogens (tertiary/aromatic N) is 4. The summed E-state index contributed by atoms with van der Waals surface area (Å²) in [7, 11) is 0. The molecule has 2 amide bonds. The summed E-state index contributed by atoms with van der Waals surface area (Å²) in [5.74, 6) is 0.0864. The van der Waals surface area contributed by atoms with Crippen molar-refractivity contribution in [1.82, 2.24) is 14.7 Å². The van der Waals surface area contributed by atoms with Crippen LogP contribution < -0.4 is 0 Å². The number of rotatable bonds is 5. The molecular weight excluding hydrogens is 304 g/mol. The van der Waals surface area contributed by atoms with Crippen LogP contribution in [0.1, 0.15) is 29.8 Å². The summed E-state index contributed by atoms with van der Waals surface area (Å²) in [5.41, 5.74) is 1.03. The first kappa shape index (κ1) is 18.0. The number of amides is 2. The highest BCUT2D eigenvalue weighted by Crippen LogP contribution is 2.11. The molecular formula is C18H24N4O2. The monoisotopic (exact) mass is 328 g/mol. The van der Waals surface area contributed by atoms with Crippen molar-refractivity contribution in [1.29, 1.82) is 5.26 Å². The summed E-state index contributed by atoms with van der Waals surface area (Å²) in [5, 5.41) is 8.94. The lowest BCUT2D eigenvalue weighted by Crippen LogP contribution is -2.51. The van der Waals surface area contributed by atoms with Crippen LogP contribution in [0.15, 0.2) is 24.3 Å². The van der Waals surface area contributed by atoms with Crippen molar-refractivity contribution >= 4 is 11.8 Å². The molecule has 0 aromatic heterocycles. The number of hydrogen-bond donors (Lipinski definition) is 0. The van der Waals surface area contributed by atoms with Crippen LogP contribution in [0.5, 0.6) is 0 Å². The van der Waals surface area contributed by atoms with Gasteiger partial charge in [0.05, 0.1) is 18.2 Å². The lowest BCUT2D eigenvalue weighted by Gasteiger charge is -2.35. The van der Waals surface area contributed by atoms with Gasteiger partial charge in [-0.1, -0.05) is 6.07 Å². The maximum atomic E-state index is 12.5. The predicted octanol–water partition coefficient (Wildman–Crippen LogP) is 1.18. The van der Waals surface area contributed by atoms with Crippen molar-refractivity contribution < 1.29 is 9.59 Å². The van der Waals surface area contributed by atoms with Gasteiger partial charge in [-0.05, 0) is 32.0 Å². The number of benzene rings is 1. The van der Waals surface area contributed by atoms with Gasteiger partial charge in [0, 0.05) is 44.8 Å². The Morgan fingerprint density at radius 2 is 1.83 bits per heavy atom. The normalized spacial score (nSPS) is 15.0. The van der Waals surface area contributed by atoms with Crippen molar-refractivity contribution in [2.75, 3.05) is 45.8 Å². The summed E-state index contributed by atoms with van der Waals surface area (Å²) < 4.78 is 0. The first-order valence-electron chi connectivity index (χ1n) is 8.38. The lowest BCUT2D eigenvalue weighted by molar-refractivity contribution is -0.132. The third-order valence-electron chi connectivity index (χ3n) is 4.37. The van der Waals surface area contributed by atoms with Crippen LogP contribution in [0.2, 0.25) is 0 Å². The Morgan fingerprint density at radius 1 is 1.17 bits per heavy atom. The predicted molar refractivity (Wildman–Crippen MR) is 91.4 cm³/mol. The molecule has 1 aliphatic rings. The van der Waals surface area contributed by atoms with Crippen molar-refractivity contribution in [3.05, 3.63) is 35.4 Å². The molecule has 1 saturated heterocycles. The highest BCUT2D eigenvalue weighted by molar-refractivity contribution is 5.94. The number of carbonyl (C=O) groups is 2. The molecule has 1 aromatic carbocycles.